The van der Waals surface area contributed by atoms with Crippen LogP contribution in [0.4, 0.5) is 0 Å². The lowest BCUT2D eigenvalue weighted by Gasteiger charge is -2.64. The molecule has 4 aliphatic rings. The maximum atomic E-state index is 14.9. The van der Waals surface area contributed by atoms with Gasteiger partial charge in [0.05, 0.1) is 38.2 Å². The van der Waals surface area contributed by atoms with E-state index >= 15 is 0 Å². The van der Waals surface area contributed by atoms with Crippen LogP contribution in [0.15, 0.2) is 30.3 Å². The number of methoxy groups -OCH3 is 2. The topological polar surface area (TPSA) is 142 Å². The second kappa shape index (κ2) is 12.3. The van der Waals surface area contributed by atoms with Crippen LogP contribution >= 0.6 is 0 Å². The van der Waals surface area contributed by atoms with E-state index in [9.17, 15) is 29.1 Å². The van der Waals surface area contributed by atoms with Gasteiger partial charge >= 0.3 is 17.9 Å². The number of esters is 3. The number of rotatable bonds is 8. The van der Waals surface area contributed by atoms with Crippen molar-refractivity contribution in [3.8, 4) is 0 Å². The van der Waals surface area contributed by atoms with Crippen LogP contribution in [0.25, 0.3) is 0 Å². The van der Waals surface area contributed by atoms with Gasteiger partial charge in [0.2, 0.25) is 0 Å². The third-order valence-corrected chi connectivity index (χ3v) is 16.8. The Bertz CT molecular complexity index is 1390. The fraction of sp³-hybridized carbons (Fsp3) is 0.686. The SMILES string of the molecule is COC(=O)[C@]12C[C@@H](OC(C)=O)[C@H]3[C@@H](C(=O)C[C@@H]4C[C@@H]([Si](C)(C)c5ccccc5)CC(=O)[C@@]43COC(C)=O)[C@@]1(O)CC[C@@H]2[C@@H](C)OC. The van der Waals surface area contributed by atoms with Crippen LogP contribution in [0.2, 0.25) is 18.6 Å². The van der Waals surface area contributed by atoms with Gasteiger partial charge in [-0.05, 0) is 37.6 Å². The summed E-state index contributed by atoms with van der Waals surface area (Å²) < 4.78 is 22.7. The number of hydrogen-bond acceptors (Lipinski definition) is 10. The van der Waals surface area contributed by atoms with E-state index in [2.05, 4.69) is 25.2 Å². The smallest absolute Gasteiger partial charge is 0.315 e. The highest BCUT2D eigenvalue weighted by atomic mass is 28.3. The Kier molecular flexibility index (Phi) is 9.20. The molecule has 0 spiro atoms. The molecule has 0 amide bonds. The van der Waals surface area contributed by atoms with Gasteiger partial charge in [0, 0.05) is 52.1 Å². The third kappa shape index (κ3) is 4.99. The molecule has 0 bridgehead atoms. The molecule has 0 aliphatic heterocycles. The zero-order valence-corrected chi connectivity index (χ0v) is 29.0. The van der Waals surface area contributed by atoms with Gasteiger partial charge in [-0.3, -0.25) is 24.0 Å². The molecule has 1 aromatic carbocycles. The molecule has 10 nitrogen and oxygen atoms in total. The Morgan fingerprint density at radius 2 is 1.72 bits per heavy atom. The minimum atomic E-state index is -2.23. The highest BCUT2D eigenvalue weighted by Gasteiger charge is 2.79. The first-order valence-electron chi connectivity index (χ1n) is 16.4. The summed E-state index contributed by atoms with van der Waals surface area (Å²) in [6, 6.07) is 10.1. The average Bonchev–Trinajstić information content (AvgIpc) is 3.32. The zero-order chi connectivity index (χ0) is 33.8. The van der Waals surface area contributed by atoms with Crippen molar-refractivity contribution in [2.45, 2.75) is 95.7 Å². The third-order valence-electron chi connectivity index (χ3n) is 12.5. The minimum absolute atomic E-state index is 0.00799. The van der Waals surface area contributed by atoms with Crippen LogP contribution in [-0.4, -0.2) is 81.3 Å². The van der Waals surface area contributed by atoms with E-state index in [1.165, 1.54) is 33.3 Å². The van der Waals surface area contributed by atoms with Gasteiger partial charge in [-0.1, -0.05) is 48.6 Å². The van der Waals surface area contributed by atoms with Crippen LogP contribution in [0, 0.1) is 34.5 Å². The molecule has 0 aromatic heterocycles. The molecule has 0 heterocycles. The van der Waals surface area contributed by atoms with Crippen molar-refractivity contribution in [3.05, 3.63) is 30.3 Å². The summed E-state index contributed by atoms with van der Waals surface area (Å²) >= 11 is 0. The lowest BCUT2D eigenvalue weighted by Crippen LogP contribution is -2.74. The van der Waals surface area contributed by atoms with E-state index in [1.54, 1.807) is 6.92 Å². The Hall–Kier alpha value is -2.89. The van der Waals surface area contributed by atoms with Crippen molar-refractivity contribution in [1.29, 1.82) is 0 Å². The Morgan fingerprint density at radius 3 is 2.30 bits per heavy atom. The van der Waals surface area contributed by atoms with E-state index in [0.29, 0.717) is 12.8 Å². The van der Waals surface area contributed by atoms with Crippen molar-refractivity contribution in [3.63, 3.8) is 0 Å². The van der Waals surface area contributed by atoms with Gasteiger partial charge < -0.3 is 24.1 Å². The summed E-state index contributed by atoms with van der Waals surface area (Å²) in [5.41, 5.74) is -4.93. The number of carbonyl (C=O) groups excluding carboxylic acids is 5. The average molecular weight is 657 g/mol. The fourth-order valence-electron chi connectivity index (χ4n) is 10.2. The first-order valence-corrected chi connectivity index (χ1v) is 19.4. The van der Waals surface area contributed by atoms with Crippen molar-refractivity contribution < 1.29 is 48.0 Å². The highest BCUT2D eigenvalue weighted by molar-refractivity contribution is 6.91. The molecule has 4 aliphatic carbocycles. The molecular weight excluding hydrogens is 608 g/mol. The molecule has 5 rings (SSSR count). The molecule has 0 saturated heterocycles. The van der Waals surface area contributed by atoms with Crippen LogP contribution in [0.5, 0.6) is 0 Å². The largest absolute Gasteiger partial charge is 0.468 e. The molecule has 11 heteroatoms. The summed E-state index contributed by atoms with van der Waals surface area (Å²) in [5.74, 6) is -5.64. The molecule has 0 unspecified atom stereocenters. The van der Waals surface area contributed by atoms with Crippen molar-refractivity contribution in [2.24, 2.45) is 34.5 Å². The number of hydrogen-bond donors (Lipinski definition) is 1. The number of benzene rings is 1. The number of fused-ring (bicyclic) bond motifs is 5. The summed E-state index contributed by atoms with van der Waals surface area (Å²) in [6.45, 7) is 8.50. The number of ketones is 2. The first-order chi connectivity index (χ1) is 21.6. The van der Waals surface area contributed by atoms with Crippen molar-refractivity contribution in [1.82, 2.24) is 0 Å². The standard InChI is InChI=1S/C35H48O10Si/c1-20(42-4)26-13-14-35(41)30-27(38)16-23-15-25(46(6,7)24-11-9-8-10-12-24)17-29(39)33(23,19-44-21(2)36)31(30)28(45-22(3)37)18-34(26,35)32(40)43-5/h8-12,20,23,25-26,28,30-31,41H,13-19H2,1-7H3/t20-,23+,25-,26-,28-,30-,31+,33-,34-,35+/m1/s1. The number of ether oxygens (including phenoxy) is 4. The fourth-order valence-corrected chi connectivity index (χ4v) is 13.3. The molecule has 10 atom stereocenters. The van der Waals surface area contributed by atoms with Gasteiger partial charge in [-0.25, -0.2) is 0 Å². The quantitative estimate of drug-likeness (QED) is 0.251. The van der Waals surface area contributed by atoms with E-state index in [0.717, 1.165) is 0 Å². The van der Waals surface area contributed by atoms with E-state index in [-0.39, 0.29) is 49.4 Å². The molecule has 1 N–H and O–H groups in total. The second-order valence-electron chi connectivity index (χ2n) is 14.7. The van der Waals surface area contributed by atoms with E-state index in [4.69, 9.17) is 18.9 Å². The van der Waals surface area contributed by atoms with E-state index < -0.39 is 78.3 Å². The number of Topliss-reactive ketones (excluding diaryl/α,β-unsaturated/α-hetero) is 2. The van der Waals surface area contributed by atoms with Gasteiger partial charge in [0.1, 0.15) is 29.7 Å². The van der Waals surface area contributed by atoms with Crippen LogP contribution in [-0.2, 0) is 42.9 Å². The highest BCUT2D eigenvalue weighted by Crippen LogP contribution is 2.70. The summed E-state index contributed by atoms with van der Waals surface area (Å²) in [6.07, 6.45) is -0.567. The maximum absolute atomic E-state index is 14.9. The molecular formula is C35H48O10Si. The minimum Gasteiger partial charge on any atom is -0.468 e. The Morgan fingerprint density at radius 1 is 1.04 bits per heavy atom. The molecule has 4 saturated carbocycles. The van der Waals surface area contributed by atoms with Crippen molar-refractivity contribution in [2.75, 3.05) is 20.8 Å². The number of carbonyl (C=O) groups is 5. The zero-order valence-electron chi connectivity index (χ0n) is 28.0. The molecule has 4 fully saturated rings. The van der Waals surface area contributed by atoms with Gasteiger partial charge in [0.15, 0.2) is 0 Å². The van der Waals surface area contributed by atoms with Crippen LogP contribution < -0.4 is 5.19 Å². The van der Waals surface area contributed by atoms with Crippen LogP contribution in [0.1, 0.15) is 59.3 Å². The predicted octanol–water partition coefficient (Wildman–Crippen LogP) is 3.38. The van der Waals surface area contributed by atoms with Gasteiger partial charge in [-0.15, -0.1) is 0 Å². The summed E-state index contributed by atoms with van der Waals surface area (Å²) in [4.78, 5) is 68.5. The normalized spacial score (nSPS) is 37.7. The maximum Gasteiger partial charge on any atom is 0.315 e. The van der Waals surface area contributed by atoms with Gasteiger partial charge in [-0.2, -0.15) is 0 Å². The lowest BCUT2D eigenvalue weighted by molar-refractivity contribution is -0.251. The Balaban J connectivity index is 1.69. The van der Waals surface area contributed by atoms with E-state index in [1.807, 2.05) is 18.2 Å². The second-order valence-corrected chi connectivity index (χ2v) is 19.5. The van der Waals surface area contributed by atoms with Crippen molar-refractivity contribution >= 4 is 42.7 Å². The van der Waals surface area contributed by atoms with Crippen LogP contribution in [0.3, 0.4) is 0 Å². The molecule has 252 valence electrons. The van der Waals surface area contributed by atoms with Gasteiger partial charge in [0.25, 0.3) is 0 Å². The summed E-state index contributed by atoms with van der Waals surface area (Å²) in [5, 5.41) is 14.1. The lowest BCUT2D eigenvalue weighted by atomic mass is 9.41. The molecule has 0 radical (unpaired) electrons. The number of aliphatic hydroxyl groups is 1. The summed E-state index contributed by atoms with van der Waals surface area (Å²) in [7, 11) is 0.528. The molecule has 46 heavy (non-hydrogen) atoms. The Labute approximate surface area is 271 Å². The predicted molar refractivity (Wildman–Crippen MR) is 169 cm³/mol. The molecule has 1 aromatic rings. The first kappa shape index (κ1) is 34.4. The monoisotopic (exact) mass is 656 g/mol.